The van der Waals surface area contributed by atoms with E-state index in [1.54, 1.807) is 20.0 Å². The van der Waals surface area contributed by atoms with Crippen LogP contribution in [0.4, 0.5) is 5.82 Å². The average molecular weight is 228 g/mol. The van der Waals surface area contributed by atoms with Gasteiger partial charge in [0, 0.05) is 19.7 Å². The highest BCUT2D eigenvalue weighted by molar-refractivity contribution is 5.92. The molecule has 0 aliphatic carbocycles. The molecule has 16 heavy (non-hydrogen) atoms. The summed E-state index contributed by atoms with van der Waals surface area (Å²) in [6.07, 6.45) is -0.550. The smallest absolute Gasteiger partial charge is 0.269 e. The Bertz CT molecular complexity index is 310. The molecule has 0 spiro atoms. The van der Waals surface area contributed by atoms with E-state index in [1.807, 2.05) is 13.8 Å². The zero-order chi connectivity index (χ0) is 12.6. The first-order valence-electron chi connectivity index (χ1n) is 5.33. The molecule has 0 aliphatic rings. The van der Waals surface area contributed by atoms with Gasteiger partial charge in [-0.15, -0.1) is 0 Å². The van der Waals surface area contributed by atoms with Gasteiger partial charge in [-0.2, -0.15) is 5.10 Å². The second-order valence-electron chi connectivity index (χ2n) is 2.98. The van der Waals surface area contributed by atoms with E-state index < -0.39 is 6.10 Å². The van der Waals surface area contributed by atoms with Gasteiger partial charge in [-0.1, -0.05) is 13.8 Å². The molecule has 1 unspecified atom stereocenters. The zero-order valence-electron chi connectivity index (χ0n) is 10.2. The number of amides is 1. The molecular formula is C10H20N4O2. The van der Waals surface area contributed by atoms with E-state index in [-0.39, 0.29) is 12.5 Å². The first-order chi connectivity index (χ1) is 7.63. The van der Waals surface area contributed by atoms with Gasteiger partial charge in [0.05, 0.1) is 6.10 Å². The van der Waals surface area contributed by atoms with Crippen LogP contribution in [0, 0.1) is 0 Å². The predicted molar refractivity (Wildman–Crippen MR) is 63.5 cm³/mol. The van der Waals surface area contributed by atoms with Crippen LogP contribution in [-0.4, -0.2) is 40.9 Å². The zero-order valence-corrected chi connectivity index (χ0v) is 10.2. The average Bonchev–Trinajstić information content (AvgIpc) is 2.77. The molecule has 0 aromatic carbocycles. The second-order valence-corrected chi connectivity index (χ2v) is 2.98. The van der Waals surface area contributed by atoms with Crippen LogP contribution in [0.15, 0.2) is 6.07 Å². The third-order valence-corrected chi connectivity index (χ3v) is 1.64. The number of H-pyrrole nitrogens is 1. The summed E-state index contributed by atoms with van der Waals surface area (Å²) in [6.45, 7) is 5.83. The molecule has 0 bridgehead atoms. The predicted octanol–water partition coefficient (Wildman–Crippen LogP) is 0.588. The Kier molecular flexibility index (Phi) is 6.95. The molecule has 6 heteroatoms. The first-order valence-corrected chi connectivity index (χ1v) is 5.33. The Morgan fingerprint density at radius 1 is 1.62 bits per heavy atom. The van der Waals surface area contributed by atoms with Gasteiger partial charge < -0.3 is 15.7 Å². The largest absolute Gasteiger partial charge is 0.392 e. The molecule has 92 valence electrons. The van der Waals surface area contributed by atoms with Crippen LogP contribution in [0.1, 0.15) is 31.3 Å². The van der Waals surface area contributed by atoms with Crippen LogP contribution in [-0.2, 0) is 0 Å². The van der Waals surface area contributed by atoms with Crippen molar-refractivity contribution in [1.82, 2.24) is 15.5 Å². The van der Waals surface area contributed by atoms with Gasteiger partial charge in [0.15, 0.2) is 0 Å². The lowest BCUT2D eigenvalue weighted by Gasteiger charge is -2.04. The Morgan fingerprint density at radius 2 is 2.25 bits per heavy atom. The summed E-state index contributed by atoms with van der Waals surface area (Å²) < 4.78 is 0. The fourth-order valence-corrected chi connectivity index (χ4v) is 0.902. The van der Waals surface area contributed by atoms with Crippen molar-refractivity contribution in [2.24, 2.45) is 0 Å². The van der Waals surface area contributed by atoms with Crippen molar-refractivity contribution in [1.29, 1.82) is 0 Å². The number of hydrogen-bond acceptors (Lipinski definition) is 4. The Hall–Kier alpha value is -1.56. The number of rotatable bonds is 4. The Balaban J connectivity index is 0.00000106. The van der Waals surface area contributed by atoms with E-state index in [0.717, 1.165) is 0 Å². The summed E-state index contributed by atoms with van der Waals surface area (Å²) in [5.41, 5.74) is 0.370. The van der Waals surface area contributed by atoms with Crippen LogP contribution in [0.25, 0.3) is 0 Å². The maximum absolute atomic E-state index is 11.4. The molecule has 0 fully saturated rings. The van der Waals surface area contributed by atoms with Crippen LogP contribution in [0.3, 0.4) is 0 Å². The van der Waals surface area contributed by atoms with E-state index in [9.17, 15) is 4.79 Å². The van der Waals surface area contributed by atoms with Crippen molar-refractivity contribution in [2.45, 2.75) is 26.9 Å². The number of anilines is 1. The van der Waals surface area contributed by atoms with E-state index >= 15 is 0 Å². The summed E-state index contributed by atoms with van der Waals surface area (Å²) in [6, 6.07) is 1.59. The van der Waals surface area contributed by atoms with Gasteiger partial charge in [-0.3, -0.25) is 9.89 Å². The number of nitrogens with zero attached hydrogens (tertiary/aromatic N) is 1. The molecule has 4 N–H and O–H groups in total. The van der Waals surface area contributed by atoms with Gasteiger partial charge in [-0.05, 0) is 6.92 Å². The lowest BCUT2D eigenvalue weighted by molar-refractivity contribution is 0.0919. The van der Waals surface area contributed by atoms with Crippen LogP contribution >= 0.6 is 0 Å². The highest BCUT2D eigenvalue weighted by Gasteiger charge is 2.09. The highest BCUT2D eigenvalue weighted by atomic mass is 16.3. The van der Waals surface area contributed by atoms with E-state index in [2.05, 4.69) is 20.8 Å². The summed E-state index contributed by atoms with van der Waals surface area (Å²) >= 11 is 0. The monoisotopic (exact) mass is 228 g/mol. The minimum absolute atomic E-state index is 0.229. The van der Waals surface area contributed by atoms with Crippen molar-refractivity contribution in [2.75, 3.05) is 18.9 Å². The van der Waals surface area contributed by atoms with Crippen molar-refractivity contribution in [3.05, 3.63) is 11.8 Å². The SMILES string of the molecule is CC.CNc1cc(C(=O)NCC(C)O)[nH]n1. The molecule has 1 heterocycles. The van der Waals surface area contributed by atoms with Crippen LogP contribution < -0.4 is 10.6 Å². The molecule has 1 atom stereocenters. The van der Waals surface area contributed by atoms with Crippen LogP contribution in [0.2, 0.25) is 0 Å². The number of carbonyl (C=O) groups excluding carboxylic acids is 1. The molecule has 0 saturated carbocycles. The van der Waals surface area contributed by atoms with Gasteiger partial charge in [0.1, 0.15) is 11.5 Å². The number of nitrogens with one attached hydrogen (secondary N) is 3. The molecule has 1 aromatic heterocycles. The molecule has 1 rings (SSSR count). The van der Waals surface area contributed by atoms with E-state index in [0.29, 0.717) is 11.5 Å². The van der Waals surface area contributed by atoms with Gasteiger partial charge in [0.2, 0.25) is 0 Å². The normalized spacial score (nSPS) is 11.1. The van der Waals surface area contributed by atoms with E-state index in [4.69, 9.17) is 5.11 Å². The summed E-state index contributed by atoms with van der Waals surface area (Å²) in [4.78, 5) is 11.4. The third-order valence-electron chi connectivity index (χ3n) is 1.64. The summed E-state index contributed by atoms with van der Waals surface area (Å²) in [5.74, 6) is 0.326. The Morgan fingerprint density at radius 3 is 2.69 bits per heavy atom. The lowest BCUT2D eigenvalue weighted by atomic mass is 10.3. The molecular weight excluding hydrogens is 208 g/mol. The fourth-order valence-electron chi connectivity index (χ4n) is 0.902. The maximum Gasteiger partial charge on any atom is 0.269 e. The van der Waals surface area contributed by atoms with Gasteiger partial charge >= 0.3 is 0 Å². The molecule has 6 nitrogen and oxygen atoms in total. The number of carbonyl (C=O) groups is 1. The van der Waals surface area contributed by atoms with Crippen molar-refractivity contribution in [3.63, 3.8) is 0 Å². The Labute approximate surface area is 95.4 Å². The molecule has 1 aromatic rings. The van der Waals surface area contributed by atoms with Gasteiger partial charge in [0.25, 0.3) is 5.91 Å². The lowest BCUT2D eigenvalue weighted by Crippen LogP contribution is -2.30. The minimum atomic E-state index is -0.550. The number of aliphatic hydroxyl groups excluding tert-OH is 1. The highest BCUT2D eigenvalue weighted by Crippen LogP contribution is 2.03. The molecule has 0 aliphatic heterocycles. The molecule has 0 radical (unpaired) electrons. The maximum atomic E-state index is 11.4. The number of aliphatic hydroxyl groups is 1. The van der Waals surface area contributed by atoms with Crippen molar-refractivity contribution < 1.29 is 9.90 Å². The van der Waals surface area contributed by atoms with Crippen molar-refractivity contribution >= 4 is 11.7 Å². The molecule has 1 amide bonds. The topological polar surface area (TPSA) is 90.0 Å². The first kappa shape index (κ1) is 14.4. The number of aromatic nitrogens is 2. The fraction of sp³-hybridized carbons (Fsp3) is 0.600. The van der Waals surface area contributed by atoms with Crippen LogP contribution in [0.5, 0.6) is 0 Å². The third kappa shape index (κ3) is 4.79. The summed E-state index contributed by atoms with van der Waals surface area (Å²) in [5, 5.41) is 20.7. The van der Waals surface area contributed by atoms with Crippen molar-refractivity contribution in [3.8, 4) is 0 Å². The quantitative estimate of drug-likeness (QED) is 0.607. The molecule has 0 saturated heterocycles. The number of aromatic amines is 1. The standard InChI is InChI=1S/C8H14N4O2.C2H6/c1-5(13)4-10-8(14)6-3-7(9-2)12-11-6;1-2/h3,5,13H,4H2,1-2H3,(H,10,14)(H2,9,11,12);1-2H3. The minimum Gasteiger partial charge on any atom is -0.392 e. The summed E-state index contributed by atoms with van der Waals surface area (Å²) in [7, 11) is 1.72. The number of hydrogen-bond donors (Lipinski definition) is 4. The second kappa shape index (κ2) is 7.70. The van der Waals surface area contributed by atoms with Gasteiger partial charge in [-0.25, -0.2) is 0 Å². The van der Waals surface area contributed by atoms with E-state index in [1.165, 1.54) is 0 Å².